The predicted octanol–water partition coefficient (Wildman–Crippen LogP) is 0.288. The predicted molar refractivity (Wildman–Crippen MR) is 98.4 cm³/mol. The Labute approximate surface area is 155 Å². The molecule has 0 bridgehead atoms. The third-order valence-corrected chi connectivity index (χ3v) is 5.25. The molecule has 0 aliphatic carbocycles. The number of carbonyl (C=O) groups excluding carboxylic acids is 3. The van der Waals surface area contributed by atoms with E-state index in [-0.39, 0.29) is 5.91 Å². The number of cyclic esters (lactones) is 1. The van der Waals surface area contributed by atoms with Crippen LogP contribution in [0.5, 0.6) is 0 Å². The lowest BCUT2D eigenvalue weighted by Crippen LogP contribution is -2.54. The number of esters is 1. The third kappa shape index (κ3) is 6.02. The summed E-state index contributed by atoms with van der Waals surface area (Å²) in [4.78, 5) is 36.4. The Morgan fingerprint density at radius 3 is 2.88 bits per heavy atom. The molecule has 9 heteroatoms. The van der Waals surface area contributed by atoms with Gasteiger partial charge in [0.1, 0.15) is 12.1 Å². The van der Waals surface area contributed by atoms with Gasteiger partial charge in [-0.25, -0.2) is 4.79 Å². The van der Waals surface area contributed by atoms with Crippen LogP contribution in [0.25, 0.3) is 0 Å². The Bertz CT molecular complexity index is 594. The van der Waals surface area contributed by atoms with E-state index < -0.39 is 30.0 Å². The van der Waals surface area contributed by atoms with Crippen molar-refractivity contribution in [3.05, 3.63) is 22.4 Å². The summed E-state index contributed by atoms with van der Waals surface area (Å²) in [5.41, 5.74) is 6.82. The number of amides is 2. The van der Waals surface area contributed by atoms with Gasteiger partial charge in [0, 0.05) is 12.8 Å². The van der Waals surface area contributed by atoms with Crippen LogP contribution in [0.3, 0.4) is 0 Å². The van der Waals surface area contributed by atoms with Gasteiger partial charge < -0.3 is 21.1 Å². The van der Waals surface area contributed by atoms with Crippen LogP contribution in [0, 0.1) is 0 Å². The highest BCUT2D eigenvalue weighted by Crippen LogP contribution is 2.11. The van der Waals surface area contributed by atoms with E-state index in [4.69, 9.17) is 10.5 Å². The Balaban J connectivity index is 2.00. The fraction of sp³-hybridized carbons (Fsp3) is 0.562. The second kappa shape index (κ2) is 9.79. The molecule has 0 unspecified atom stereocenters. The maximum absolute atomic E-state index is 12.6. The van der Waals surface area contributed by atoms with Gasteiger partial charge in [-0.1, -0.05) is 0 Å². The molecular weight excluding hydrogens is 362 g/mol. The van der Waals surface area contributed by atoms with Crippen molar-refractivity contribution in [2.24, 2.45) is 5.73 Å². The molecule has 25 heavy (non-hydrogen) atoms. The molecule has 1 fully saturated rings. The molecule has 0 aromatic carbocycles. The number of hydrogen-bond acceptors (Lipinski definition) is 7. The molecule has 1 aliphatic rings. The fourth-order valence-electron chi connectivity index (χ4n) is 2.41. The molecule has 1 aromatic heterocycles. The topological polar surface area (TPSA) is 111 Å². The zero-order chi connectivity index (χ0) is 18.2. The summed E-state index contributed by atoms with van der Waals surface area (Å²) >= 11 is 3.13. The highest BCUT2D eigenvalue weighted by Gasteiger charge is 2.31. The largest absolute Gasteiger partial charge is 0.464 e. The highest BCUT2D eigenvalue weighted by atomic mass is 32.2. The van der Waals surface area contributed by atoms with E-state index >= 15 is 0 Å². The smallest absolute Gasteiger partial charge is 0.328 e. The fourth-order valence-corrected chi connectivity index (χ4v) is 3.58. The van der Waals surface area contributed by atoms with E-state index in [0.29, 0.717) is 25.9 Å². The third-order valence-electron chi connectivity index (χ3n) is 3.87. The van der Waals surface area contributed by atoms with Gasteiger partial charge in [0.25, 0.3) is 0 Å². The Morgan fingerprint density at radius 2 is 2.28 bits per heavy atom. The number of hydrogen-bond donors (Lipinski definition) is 3. The lowest BCUT2D eigenvalue weighted by Gasteiger charge is -2.21. The summed E-state index contributed by atoms with van der Waals surface area (Å²) in [5, 5.41) is 9.21. The number of thiophene rings is 1. The normalized spacial score (nSPS) is 19.1. The molecule has 1 aromatic rings. The van der Waals surface area contributed by atoms with Gasteiger partial charge in [0.05, 0.1) is 12.6 Å². The summed E-state index contributed by atoms with van der Waals surface area (Å²) in [7, 11) is 0. The first kappa shape index (κ1) is 19.7. The van der Waals surface area contributed by atoms with Gasteiger partial charge in [0.15, 0.2) is 0 Å². The first-order chi connectivity index (χ1) is 12.0. The highest BCUT2D eigenvalue weighted by molar-refractivity contribution is 7.98. The van der Waals surface area contributed by atoms with E-state index in [2.05, 4.69) is 10.6 Å². The molecule has 0 radical (unpaired) electrons. The zero-order valence-corrected chi connectivity index (χ0v) is 15.7. The minimum Gasteiger partial charge on any atom is -0.464 e. The van der Waals surface area contributed by atoms with Gasteiger partial charge >= 0.3 is 5.97 Å². The zero-order valence-electron chi connectivity index (χ0n) is 14.0. The summed E-state index contributed by atoms with van der Waals surface area (Å²) in [6, 6.07) is -0.203. The molecule has 0 saturated carbocycles. The van der Waals surface area contributed by atoms with Crippen LogP contribution >= 0.6 is 23.1 Å². The van der Waals surface area contributed by atoms with Gasteiger partial charge in [-0.15, -0.1) is 0 Å². The number of thioether (sulfide) groups is 1. The number of nitrogens with one attached hydrogen (secondary N) is 2. The van der Waals surface area contributed by atoms with Crippen LogP contribution in [0.15, 0.2) is 16.8 Å². The molecule has 3 atom stereocenters. The molecule has 1 aliphatic heterocycles. The lowest BCUT2D eigenvalue weighted by molar-refractivity contribution is -0.141. The first-order valence-electron chi connectivity index (χ1n) is 8.04. The van der Waals surface area contributed by atoms with E-state index in [1.165, 1.54) is 11.3 Å². The Morgan fingerprint density at radius 1 is 1.48 bits per heavy atom. The quantitative estimate of drug-likeness (QED) is 0.527. The van der Waals surface area contributed by atoms with Crippen molar-refractivity contribution in [2.45, 2.75) is 37.4 Å². The van der Waals surface area contributed by atoms with Gasteiger partial charge in [-0.3, -0.25) is 9.59 Å². The average molecular weight is 386 g/mol. The van der Waals surface area contributed by atoms with E-state index in [0.717, 1.165) is 11.3 Å². The molecule has 2 heterocycles. The molecule has 2 amide bonds. The van der Waals surface area contributed by atoms with Crippen molar-refractivity contribution in [2.75, 3.05) is 18.6 Å². The Hall–Kier alpha value is -1.58. The van der Waals surface area contributed by atoms with Crippen molar-refractivity contribution in [1.82, 2.24) is 10.6 Å². The van der Waals surface area contributed by atoms with Crippen LogP contribution in [0.4, 0.5) is 0 Å². The number of carbonyl (C=O) groups is 3. The maximum atomic E-state index is 12.6. The van der Waals surface area contributed by atoms with Crippen LogP contribution in [-0.4, -0.2) is 54.5 Å². The summed E-state index contributed by atoms with van der Waals surface area (Å²) in [6.07, 6.45) is 3.27. The molecule has 4 N–H and O–H groups in total. The minimum absolute atomic E-state index is 0.297. The molecule has 7 nitrogen and oxygen atoms in total. The SMILES string of the molecule is CSCC[C@H](N)C(=O)N[C@@H](Cc1ccsc1)C(=O)N[C@H]1CCOC1=O. The molecular formula is C16H23N3O4S2. The van der Waals surface area contributed by atoms with Gasteiger partial charge in [0.2, 0.25) is 11.8 Å². The molecule has 0 spiro atoms. The summed E-state index contributed by atoms with van der Waals surface area (Å²) in [6.45, 7) is 0.297. The van der Waals surface area contributed by atoms with Crippen molar-refractivity contribution < 1.29 is 19.1 Å². The van der Waals surface area contributed by atoms with Crippen molar-refractivity contribution in [3.63, 3.8) is 0 Å². The summed E-state index contributed by atoms with van der Waals surface area (Å²) < 4.78 is 4.85. The molecule has 2 rings (SSSR count). The molecule has 138 valence electrons. The number of ether oxygens (including phenoxy) is 1. The first-order valence-corrected chi connectivity index (χ1v) is 10.4. The van der Waals surface area contributed by atoms with E-state index in [1.807, 2.05) is 23.1 Å². The van der Waals surface area contributed by atoms with Crippen LogP contribution < -0.4 is 16.4 Å². The second-order valence-electron chi connectivity index (χ2n) is 5.80. The number of rotatable bonds is 9. The van der Waals surface area contributed by atoms with Crippen LogP contribution in [-0.2, 0) is 25.5 Å². The van der Waals surface area contributed by atoms with Gasteiger partial charge in [-0.2, -0.15) is 23.1 Å². The van der Waals surface area contributed by atoms with E-state index in [1.54, 1.807) is 11.8 Å². The molecule has 1 saturated heterocycles. The average Bonchev–Trinajstić information content (AvgIpc) is 3.24. The van der Waals surface area contributed by atoms with Gasteiger partial charge in [-0.05, 0) is 40.8 Å². The van der Waals surface area contributed by atoms with Crippen molar-refractivity contribution >= 4 is 40.9 Å². The lowest BCUT2D eigenvalue weighted by atomic mass is 10.1. The summed E-state index contributed by atoms with van der Waals surface area (Å²) in [5.74, 6) is -0.436. The monoisotopic (exact) mass is 385 g/mol. The van der Waals surface area contributed by atoms with Crippen molar-refractivity contribution in [1.29, 1.82) is 0 Å². The van der Waals surface area contributed by atoms with Crippen molar-refractivity contribution in [3.8, 4) is 0 Å². The number of nitrogens with two attached hydrogens (primary N) is 1. The second-order valence-corrected chi connectivity index (χ2v) is 7.57. The van der Waals surface area contributed by atoms with Crippen LogP contribution in [0.2, 0.25) is 0 Å². The standard InChI is InChI=1S/C16H23N3O4S2/c1-24-6-4-11(17)14(20)19-13(8-10-3-7-25-9-10)15(21)18-12-2-5-23-16(12)22/h3,7,9,11-13H,2,4-6,8,17H2,1H3,(H,18,21)(H,19,20)/t11-,12-,13-/m0/s1. The maximum Gasteiger partial charge on any atom is 0.328 e. The van der Waals surface area contributed by atoms with E-state index in [9.17, 15) is 14.4 Å². The van der Waals surface area contributed by atoms with Crippen LogP contribution in [0.1, 0.15) is 18.4 Å². The minimum atomic E-state index is -0.782. The Kier molecular flexibility index (Phi) is 7.73.